The van der Waals surface area contributed by atoms with Crippen molar-refractivity contribution in [2.24, 2.45) is 5.92 Å². The van der Waals surface area contributed by atoms with Gasteiger partial charge in [0.05, 0.1) is 29.1 Å². The molecule has 1 aromatic heterocycles. The van der Waals surface area contributed by atoms with Crippen LogP contribution in [0.25, 0.3) is 11.3 Å². The normalized spacial score (nSPS) is 20.7. The van der Waals surface area contributed by atoms with Gasteiger partial charge < -0.3 is 10.4 Å². The van der Waals surface area contributed by atoms with Gasteiger partial charge in [-0.1, -0.05) is 12.5 Å². The van der Waals surface area contributed by atoms with Crippen LogP contribution in [0.5, 0.6) is 0 Å². The van der Waals surface area contributed by atoms with Crippen LogP contribution in [0.4, 0.5) is 8.78 Å². The molecule has 3 N–H and O–H groups in total. The molecule has 1 heterocycles. The molecule has 2 aromatic rings. The third kappa shape index (κ3) is 3.10. The van der Waals surface area contributed by atoms with Crippen LogP contribution >= 0.6 is 0 Å². The largest absolute Gasteiger partial charge is 0.393 e. The first-order valence-electron chi connectivity index (χ1n) is 7.52. The molecule has 23 heavy (non-hydrogen) atoms. The van der Waals surface area contributed by atoms with E-state index in [-0.39, 0.29) is 22.7 Å². The standard InChI is InChI=1S/C16H17F2N3O2/c17-11-4-2-5-12(18)14(11)15-10(8-20-21-15)16(23)19-7-9-3-1-6-13(9)22/h2,4-5,8-9,13,22H,1,3,6-7H2,(H,19,23)(H,20,21). The van der Waals surface area contributed by atoms with E-state index in [1.165, 1.54) is 12.3 Å². The van der Waals surface area contributed by atoms with E-state index in [1.807, 2.05) is 0 Å². The molecule has 1 aliphatic carbocycles. The number of aromatic amines is 1. The van der Waals surface area contributed by atoms with Gasteiger partial charge in [-0.05, 0) is 25.0 Å². The first-order chi connectivity index (χ1) is 11.1. The minimum atomic E-state index is -0.769. The number of aromatic nitrogens is 2. The SMILES string of the molecule is O=C(NCC1CCCC1O)c1cn[nH]c1-c1c(F)cccc1F. The van der Waals surface area contributed by atoms with Gasteiger partial charge in [0, 0.05) is 12.5 Å². The quantitative estimate of drug-likeness (QED) is 0.808. The zero-order chi connectivity index (χ0) is 16.4. The summed E-state index contributed by atoms with van der Waals surface area (Å²) in [5, 5.41) is 18.7. The summed E-state index contributed by atoms with van der Waals surface area (Å²) in [4.78, 5) is 12.3. The van der Waals surface area contributed by atoms with Crippen molar-refractivity contribution in [3.05, 3.63) is 41.6 Å². The Labute approximate surface area is 131 Å². The molecular weight excluding hydrogens is 304 g/mol. The summed E-state index contributed by atoms with van der Waals surface area (Å²) < 4.78 is 27.8. The Balaban J connectivity index is 1.79. The number of nitrogens with one attached hydrogen (secondary N) is 2. The van der Waals surface area contributed by atoms with Crippen molar-refractivity contribution in [1.82, 2.24) is 15.5 Å². The monoisotopic (exact) mass is 321 g/mol. The lowest BCUT2D eigenvalue weighted by molar-refractivity contribution is 0.0917. The van der Waals surface area contributed by atoms with Crippen LogP contribution in [-0.4, -0.2) is 33.9 Å². The average molecular weight is 321 g/mol. The van der Waals surface area contributed by atoms with Gasteiger partial charge in [0.1, 0.15) is 11.6 Å². The topological polar surface area (TPSA) is 78.0 Å². The molecule has 1 aliphatic rings. The van der Waals surface area contributed by atoms with Gasteiger partial charge in [-0.15, -0.1) is 0 Å². The lowest BCUT2D eigenvalue weighted by Crippen LogP contribution is -2.32. The Hall–Kier alpha value is -2.28. The van der Waals surface area contributed by atoms with Crippen LogP contribution < -0.4 is 5.32 Å². The highest BCUT2D eigenvalue weighted by Gasteiger charge is 2.26. The highest BCUT2D eigenvalue weighted by atomic mass is 19.1. The number of H-pyrrole nitrogens is 1. The predicted octanol–water partition coefficient (Wildman–Crippen LogP) is 2.25. The second-order valence-corrected chi connectivity index (χ2v) is 5.72. The molecule has 1 saturated carbocycles. The molecule has 2 unspecified atom stereocenters. The molecule has 1 aromatic carbocycles. The average Bonchev–Trinajstić information content (AvgIpc) is 3.14. The van der Waals surface area contributed by atoms with Crippen LogP contribution in [0.15, 0.2) is 24.4 Å². The van der Waals surface area contributed by atoms with Crippen LogP contribution in [0.1, 0.15) is 29.6 Å². The molecule has 1 fully saturated rings. The second kappa shape index (κ2) is 6.45. The van der Waals surface area contributed by atoms with E-state index in [1.54, 1.807) is 0 Å². The Morgan fingerprint density at radius 2 is 2.09 bits per heavy atom. The zero-order valence-electron chi connectivity index (χ0n) is 12.4. The molecule has 7 heteroatoms. The van der Waals surface area contributed by atoms with Gasteiger partial charge in [-0.2, -0.15) is 5.10 Å². The Bertz CT molecular complexity index is 697. The highest BCUT2D eigenvalue weighted by Crippen LogP contribution is 2.28. The summed E-state index contributed by atoms with van der Waals surface area (Å²) in [5.74, 6) is -2.00. The van der Waals surface area contributed by atoms with E-state index in [4.69, 9.17) is 0 Å². The number of aliphatic hydroxyl groups is 1. The molecule has 0 aliphatic heterocycles. The van der Waals surface area contributed by atoms with Crippen molar-refractivity contribution in [2.45, 2.75) is 25.4 Å². The third-order valence-electron chi connectivity index (χ3n) is 4.24. The number of aliphatic hydroxyl groups excluding tert-OH is 1. The van der Waals surface area contributed by atoms with Gasteiger partial charge in [0.25, 0.3) is 5.91 Å². The summed E-state index contributed by atoms with van der Waals surface area (Å²) in [6.45, 7) is 0.324. The summed E-state index contributed by atoms with van der Waals surface area (Å²) >= 11 is 0. The second-order valence-electron chi connectivity index (χ2n) is 5.72. The number of halogens is 2. The van der Waals surface area contributed by atoms with Gasteiger partial charge in [0.15, 0.2) is 0 Å². The molecule has 0 saturated heterocycles. The molecule has 0 radical (unpaired) electrons. The summed E-state index contributed by atoms with van der Waals surface area (Å²) in [6, 6.07) is 3.50. The number of carbonyl (C=O) groups is 1. The molecular formula is C16H17F2N3O2. The first kappa shape index (κ1) is 15.6. The van der Waals surface area contributed by atoms with E-state index >= 15 is 0 Å². The highest BCUT2D eigenvalue weighted by molar-refractivity contribution is 5.99. The Kier molecular flexibility index (Phi) is 4.38. The van der Waals surface area contributed by atoms with Gasteiger partial charge in [-0.3, -0.25) is 9.89 Å². The number of carbonyl (C=O) groups excluding carboxylic acids is 1. The van der Waals surface area contributed by atoms with Gasteiger partial charge in [0.2, 0.25) is 0 Å². The number of benzene rings is 1. The van der Waals surface area contributed by atoms with Crippen molar-refractivity contribution in [1.29, 1.82) is 0 Å². The lowest BCUT2D eigenvalue weighted by Gasteiger charge is -2.15. The van der Waals surface area contributed by atoms with E-state index < -0.39 is 23.6 Å². The third-order valence-corrected chi connectivity index (χ3v) is 4.24. The molecule has 1 amide bonds. The van der Waals surface area contributed by atoms with Crippen molar-refractivity contribution in [3.63, 3.8) is 0 Å². The maximum Gasteiger partial charge on any atom is 0.255 e. The van der Waals surface area contributed by atoms with Crippen LogP contribution in [0, 0.1) is 17.6 Å². The Morgan fingerprint density at radius 1 is 1.35 bits per heavy atom. The maximum absolute atomic E-state index is 13.9. The zero-order valence-corrected chi connectivity index (χ0v) is 12.4. The van der Waals surface area contributed by atoms with E-state index in [0.29, 0.717) is 6.54 Å². The summed E-state index contributed by atoms with van der Waals surface area (Å²) in [7, 11) is 0. The summed E-state index contributed by atoms with van der Waals surface area (Å²) in [6.07, 6.45) is 3.34. The minimum Gasteiger partial charge on any atom is -0.393 e. The van der Waals surface area contributed by atoms with Crippen LogP contribution in [0.2, 0.25) is 0 Å². The number of nitrogens with zero attached hydrogens (tertiary/aromatic N) is 1. The molecule has 122 valence electrons. The van der Waals surface area contributed by atoms with Gasteiger partial charge in [-0.25, -0.2) is 8.78 Å². The van der Waals surface area contributed by atoms with Gasteiger partial charge >= 0.3 is 0 Å². The van der Waals surface area contributed by atoms with Crippen LogP contribution in [-0.2, 0) is 0 Å². The molecule has 0 spiro atoms. The fourth-order valence-electron chi connectivity index (χ4n) is 2.96. The molecule has 3 rings (SSSR count). The number of rotatable bonds is 4. The van der Waals surface area contributed by atoms with E-state index in [9.17, 15) is 18.7 Å². The van der Waals surface area contributed by atoms with Crippen molar-refractivity contribution < 1.29 is 18.7 Å². The number of hydrogen-bond donors (Lipinski definition) is 3. The fraction of sp³-hybridized carbons (Fsp3) is 0.375. The summed E-state index contributed by atoms with van der Waals surface area (Å²) in [5.41, 5.74) is -0.234. The van der Waals surface area contributed by atoms with Crippen molar-refractivity contribution in [3.8, 4) is 11.3 Å². The lowest BCUT2D eigenvalue weighted by atomic mass is 10.0. The first-order valence-corrected chi connectivity index (χ1v) is 7.52. The van der Waals surface area contributed by atoms with Crippen molar-refractivity contribution >= 4 is 5.91 Å². The number of amides is 1. The Morgan fingerprint density at radius 3 is 2.74 bits per heavy atom. The molecule has 0 bridgehead atoms. The molecule has 5 nitrogen and oxygen atoms in total. The number of hydrogen-bond acceptors (Lipinski definition) is 3. The predicted molar refractivity (Wildman–Crippen MR) is 79.6 cm³/mol. The van der Waals surface area contributed by atoms with E-state index in [0.717, 1.165) is 31.4 Å². The van der Waals surface area contributed by atoms with Crippen LogP contribution in [0.3, 0.4) is 0 Å². The smallest absolute Gasteiger partial charge is 0.255 e. The molecule has 2 atom stereocenters. The van der Waals surface area contributed by atoms with Crippen molar-refractivity contribution in [2.75, 3.05) is 6.54 Å². The fourth-order valence-corrected chi connectivity index (χ4v) is 2.96. The maximum atomic E-state index is 13.9. The minimum absolute atomic E-state index is 0.00469. The van der Waals surface area contributed by atoms with E-state index in [2.05, 4.69) is 15.5 Å².